The maximum absolute atomic E-state index is 13.6. The van der Waals surface area contributed by atoms with Crippen LogP contribution in [0.3, 0.4) is 0 Å². The van der Waals surface area contributed by atoms with Gasteiger partial charge >= 0.3 is 16.3 Å². The van der Waals surface area contributed by atoms with Gasteiger partial charge < -0.3 is 14.2 Å². The summed E-state index contributed by atoms with van der Waals surface area (Å²) in [6.45, 7) is 1.57. The molecule has 0 saturated carbocycles. The standard InChI is InChI=1S/C22H18F3NO4S2/c23-22(24,25)21-20(13-4-2-1-3-5-13)19(12-31-21)32(27,28)30-14-6-7-15-16-8-9-26-11-18(16)29-17(15)10-14/h1-7,10,12,16,18,26H,8-9,11H2. The highest BCUT2D eigenvalue weighted by atomic mass is 32.2. The molecule has 0 radical (unpaired) electrons. The van der Waals surface area contributed by atoms with Crippen LogP contribution in [0.1, 0.15) is 22.8 Å². The molecule has 0 bridgehead atoms. The Balaban J connectivity index is 1.51. The van der Waals surface area contributed by atoms with E-state index in [2.05, 4.69) is 5.32 Å². The number of thiophene rings is 1. The van der Waals surface area contributed by atoms with E-state index >= 15 is 0 Å². The minimum atomic E-state index is -4.70. The predicted octanol–water partition coefficient (Wildman–Crippen LogP) is 5.04. The van der Waals surface area contributed by atoms with Gasteiger partial charge in [0.1, 0.15) is 27.4 Å². The third kappa shape index (κ3) is 3.76. The van der Waals surface area contributed by atoms with Gasteiger partial charge in [-0.1, -0.05) is 36.4 Å². The lowest BCUT2D eigenvalue weighted by Gasteiger charge is -2.24. The van der Waals surface area contributed by atoms with Crippen molar-refractivity contribution in [1.29, 1.82) is 0 Å². The maximum Gasteiger partial charge on any atom is 0.426 e. The Morgan fingerprint density at radius 2 is 1.91 bits per heavy atom. The van der Waals surface area contributed by atoms with Gasteiger partial charge in [-0.2, -0.15) is 21.6 Å². The van der Waals surface area contributed by atoms with Crippen LogP contribution >= 0.6 is 11.3 Å². The normalized spacial score (nSPS) is 20.3. The highest BCUT2D eigenvalue weighted by molar-refractivity contribution is 7.87. The molecule has 32 heavy (non-hydrogen) atoms. The molecular formula is C22H18F3NO4S2. The number of hydrogen-bond acceptors (Lipinski definition) is 6. The van der Waals surface area contributed by atoms with Crippen molar-refractivity contribution in [3.63, 3.8) is 0 Å². The van der Waals surface area contributed by atoms with Gasteiger partial charge in [-0.3, -0.25) is 0 Å². The molecule has 1 saturated heterocycles. The summed E-state index contributed by atoms with van der Waals surface area (Å²) in [5, 5.41) is 4.24. The number of halogens is 3. The number of piperidine rings is 1. The molecule has 0 spiro atoms. The van der Waals surface area contributed by atoms with Gasteiger partial charge in [0.15, 0.2) is 0 Å². The predicted molar refractivity (Wildman–Crippen MR) is 114 cm³/mol. The van der Waals surface area contributed by atoms with Crippen LogP contribution in [-0.2, 0) is 16.3 Å². The van der Waals surface area contributed by atoms with Crippen molar-refractivity contribution in [1.82, 2.24) is 5.32 Å². The lowest BCUT2D eigenvalue weighted by molar-refractivity contribution is -0.133. The molecule has 3 heterocycles. The van der Waals surface area contributed by atoms with Crippen molar-refractivity contribution in [3.8, 4) is 22.6 Å². The van der Waals surface area contributed by atoms with E-state index in [0.29, 0.717) is 23.6 Å². The molecule has 10 heteroatoms. The van der Waals surface area contributed by atoms with Crippen LogP contribution in [-0.4, -0.2) is 27.6 Å². The molecule has 2 atom stereocenters. The molecule has 2 aromatic carbocycles. The third-order valence-electron chi connectivity index (χ3n) is 5.64. The van der Waals surface area contributed by atoms with E-state index in [9.17, 15) is 21.6 Å². The highest BCUT2D eigenvalue weighted by Crippen LogP contribution is 2.46. The Bertz CT molecular complexity index is 1260. The van der Waals surface area contributed by atoms with E-state index < -0.39 is 31.6 Å². The Morgan fingerprint density at radius 3 is 2.66 bits per heavy atom. The summed E-state index contributed by atoms with van der Waals surface area (Å²) >= 11 is 0.333. The van der Waals surface area contributed by atoms with Crippen molar-refractivity contribution in [3.05, 3.63) is 64.4 Å². The highest BCUT2D eigenvalue weighted by Gasteiger charge is 2.40. The summed E-state index contributed by atoms with van der Waals surface area (Å²) < 4.78 is 78.1. The summed E-state index contributed by atoms with van der Waals surface area (Å²) in [6.07, 6.45) is -3.82. The number of benzene rings is 2. The molecule has 5 rings (SSSR count). The first-order valence-electron chi connectivity index (χ1n) is 9.94. The summed E-state index contributed by atoms with van der Waals surface area (Å²) in [4.78, 5) is -1.50. The number of nitrogens with one attached hydrogen (secondary N) is 1. The fourth-order valence-corrected chi connectivity index (χ4v) is 6.65. The van der Waals surface area contributed by atoms with Crippen LogP contribution < -0.4 is 14.2 Å². The van der Waals surface area contributed by atoms with E-state index in [4.69, 9.17) is 8.92 Å². The van der Waals surface area contributed by atoms with Crippen LogP contribution in [0.15, 0.2) is 58.8 Å². The van der Waals surface area contributed by atoms with Crippen molar-refractivity contribution >= 4 is 21.5 Å². The second-order valence-electron chi connectivity index (χ2n) is 7.66. The molecular weight excluding hydrogens is 463 g/mol. The number of ether oxygens (including phenoxy) is 1. The van der Waals surface area contributed by atoms with E-state index in [0.717, 1.165) is 23.9 Å². The van der Waals surface area contributed by atoms with E-state index in [-0.39, 0.29) is 23.3 Å². The van der Waals surface area contributed by atoms with Crippen LogP contribution in [0.4, 0.5) is 13.2 Å². The van der Waals surface area contributed by atoms with Gasteiger partial charge in [0.05, 0.1) is 0 Å². The summed E-state index contributed by atoms with van der Waals surface area (Å²) in [6, 6.07) is 12.4. The molecule has 2 unspecified atom stereocenters. The molecule has 168 valence electrons. The van der Waals surface area contributed by atoms with Gasteiger partial charge in [-0.05, 0) is 24.6 Å². The zero-order chi connectivity index (χ0) is 22.5. The lowest BCUT2D eigenvalue weighted by Crippen LogP contribution is -2.39. The smallest absolute Gasteiger partial charge is 0.426 e. The molecule has 5 nitrogen and oxygen atoms in total. The van der Waals surface area contributed by atoms with Crippen LogP contribution in [0.2, 0.25) is 0 Å². The first kappa shape index (κ1) is 21.3. The average molecular weight is 482 g/mol. The lowest BCUT2D eigenvalue weighted by atomic mass is 9.90. The number of fused-ring (bicyclic) bond motifs is 3. The Morgan fingerprint density at radius 1 is 1.12 bits per heavy atom. The maximum atomic E-state index is 13.6. The molecule has 2 aliphatic heterocycles. The quantitative estimate of drug-likeness (QED) is 0.529. The Labute approximate surface area is 186 Å². The van der Waals surface area contributed by atoms with Gasteiger partial charge in [-0.25, -0.2) is 0 Å². The zero-order valence-electron chi connectivity index (χ0n) is 16.6. The van der Waals surface area contributed by atoms with Gasteiger partial charge in [0, 0.05) is 35.0 Å². The number of alkyl halides is 3. The molecule has 1 N–H and O–H groups in total. The first-order valence-corrected chi connectivity index (χ1v) is 12.2. The Kier molecular flexibility index (Phi) is 5.18. The van der Waals surface area contributed by atoms with Gasteiger partial charge in [0.25, 0.3) is 0 Å². The molecule has 1 aromatic heterocycles. The molecule has 1 fully saturated rings. The largest absolute Gasteiger partial charge is 0.488 e. The van der Waals surface area contributed by atoms with E-state index in [1.54, 1.807) is 24.3 Å². The molecule has 2 aliphatic rings. The van der Waals surface area contributed by atoms with E-state index in [1.807, 2.05) is 0 Å². The third-order valence-corrected chi connectivity index (χ3v) is 8.09. The minimum absolute atomic E-state index is 0.00544. The van der Waals surface area contributed by atoms with Gasteiger partial charge in [-0.15, -0.1) is 11.3 Å². The van der Waals surface area contributed by atoms with Gasteiger partial charge in [0.2, 0.25) is 0 Å². The minimum Gasteiger partial charge on any atom is -0.488 e. The second kappa shape index (κ2) is 7.79. The molecule has 3 aromatic rings. The van der Waals surface area contributed by atoms with E-state index in [1.165, 1.54) is 24.3 Å². The van der Waals surface area contributed by atoms with Crippen molar-refractivity contribution in [2.45, 2.75) is 29.5 Å². The molecule has 0 aliphatic carbocycles. The van der Waals surface area contributed by atoms with Crippen molar-refractivity contribution in [2.24, 2.45) is 0 Å². The number of rotatable bonds is 4. The topological polar surface area (TPSA) is 64.6 Å². The van der Waals surface area contributed by atoms with Crippen LogP contribution in [0.5, 0.6) is 11.5 Å². The monoisotopic (exact) mass is 481 g/mol. The SMILES string of the molecule is O=S(=O)(Oc1ccc2c(c1)OC1CNCCC21)c1csc(C(F)(F)F)c1-c1ccccc1. The summed E-state index contributed by atoms with van der Waals surface area (Å²) in [7, 11) is -4.53. The van der Waals surface area contributed by atoms with Crippen LogP contribution in [0, 0.1) is 0 Å². The summed E-state index contributed by atoms with van der Waals surface area (Å²) in [5.74, 6) is 0.767. The summed E-state index contributed by atoms with van der Waals surface area (Å²) in [5.41, 5.74) is 0.732. The average Bonchev–Trinajstić information content (AvgIpc) is 3.36. The zero-order valence-corrected chi connectivity index (χ0v) is 18.2. The molecule has 0 amide bonds. The fourth-order valence-electron chi connectivity index (χ4n) is 4.23. The first-order chi connectivity index (χ1) is 15.2. The Hall–Kier alpha value is -2.56. The fraction of sp³-hybridized carbons (Fsp3) is 0.273. The van der Waals surface area contributed by atoms with Crippen molar-refractivity contribution in [2.75, 3.05) is 13.1 Å². The number of hydrogen-bond donors (Lipinski definition) is 1. The van der Waals surface area contributed by atoms with Crippen LogP contribution in [0.25, 0.3) is 11.1 Å². The second-order valence-corrected chi connectivity index (χ2v) is 10.1. The van der Waals surface area contributed by atoms with Crippen molar-refractivity contribution < 1.29 is 30.5 Å².